The first kappa shape index (κ1) is 17.7. The van der Waals surface area contributed by atoms with Crippen LogP contribution < -0.4 is 10.1 Å². The molecule has 5 heteroatoms. The summed E-state index contributed by atoms with van der Waals surface area (Å²) in [6.45, 7) is 2.12. The van der Waals surface area contributed by atoms with E-state index >= 15 is 0 Å². The van der Waals surface area contributed by atoms with Gasteiger partial charge in [-0.2, -0.15) is 0 Å². The van der Waals surface area contributed by atoms with Gasteiger partial charge in [-0.05, 0) is 62.2 Å². The molecule has 1 aliphatic carbocycles. The highest BCUT2D eigenvalue weighted by molar-refractivity contribution is 6.09. The number of benzene rings is 2. The van der Waals surface area contributed by atoms with Gasteiger partial charge in [0.15, 0.2) is 5.78 Å². The van der Waals surface area contributed by atoms with Gasteiger partial charge in [0, 0.05) is 36.3 Å². The number of nitrogens with one attached hydrogen (secondary N) is 1. The second-order valence-electron chi connectivity index (χ2n) is 7.35. The third kappa shape index (κ3) is 3.88. The molecule has 27 heavy (non-hydrogen) atoms. The van der Waals surface area contributed by atoms with E-state index in [0.717, 1.165) is 42.9 Å². The highest BCUT2D eigenvalue weighted by Crippen LogP contribution is 2.26. The molecule has 1 aliphatic heterocycles. The van der Waals surface area contributed by atoms with Crippen molar-refractivity contribution in [3.05, 3.63) is 59.2 Å². The Morgan fingerprint density at radius 3 is 2.56 bits per heavy atom. The smallest absolute Gasteiger partial charge is 0.255 e. The maximum Gasteiger partial charge on any atom is 0.255 e. The second-order valence-corrected chi connectivity index (χ2v) is 7.35. The molecule has 2 aromatic carbocycles. The number of piperidine rings is 1. The first-order chi connectivity index (χ1) is 13.1. The molecule has 0 atom stereocenters. The molecule has 2 aliphatic rings. The van der Waals surface area contributed by atoms with Gasteiger partial charge in [0.2, 0.25) is 0 Å². The van der Waals surface area contributed by atoms with E-state index < -0.39 is 0 Å². The van der Waals surface area contributed by atoms with Crippen LogP contribution in [0.2, 0.25) is 0 Å². The number of carbonyl (C=O) groups excluding carboxylic acids is 2. The Balaban J connectivity index is 1.40. The molecule has 1 heterocycles. The van der Waals surface area contributed by atoms with Gasteiger partial charge >= 0.3 is 0 Å². The van der Waals surface area contributed by atoms with Gasteiger partial charge in [-0.15, -0.1) is 0 Å². The van der Waals surface area contributed by atoms with Crippen molar-refractivity contribution < 1.29 is 14.3 Å². The van der Waals surface area contributed by atoms with Crippen molar-refractivity contribution in [2.45, 2.75) is 31.8 Å². The number of nitrogens with zero attached hydrogens (tertiary/aromatic N) is 1. The zero-order valence-electron chi connectivity index (χ0n) is 15.5. The third-order valence-electron chi connectivity index (χ3n) is 5.40. The summed E-state index contributed by atoms with van der Waals surface area (Å²) in [5.74, 6) is 0.773. The van der Waals surface area contributed by atoms with Crippen molar-refractivity contribution in [1.29, 1.82) is 0 Å². The maximum atomic E-state index is 12.7. The van der Waals surface area contributed by atoms with Crippen molar-refractivity contribution in [3.8, 4) is 5.75 Å². The highest BCUT2D eigenvalue weighted by atomic mass is 16.5. The van der Waals surface area contributed by atoms with Crippen molar-refractivity contribution in [2.24, 2.45) is 0 Å². The first-order valence-corrected chi connectivity index (χ1v) is 9.52. The normalized spacial score (nSPS) is 17.6. The molecule has 2 aromatic rings. The van der Waals surface area contributed by atoms with Crippen LogP contribution in [0.25, 0.3) is 0 Å². The fourth-order valence-electron chi connectivity index (χ4n) is 3.81. The van der Waals surface area contributed by atoms with E-state index in [-0.39, 0.29) is 17.8 Å². The summed E-state index contributed by atoms with van der Waals surface area (Å²) in [6.07, 6.45) is 3.45. The Bertz CT molecular complexity index is 852. The fraction of sp³-hybridized carbons (Fsp3) is 0.364. The van der Waals surface area contributed by atoms with Crippen LogP contribution in [0, 0.1) is 0 Å². The molecule has 0 radical (unpaired) electrons. The van der Waals surface area contributed by atoms with E-state index in [2.05, 4.69) is 17.3 Å². The molecule has 1 N–H and O–H groups in total. The number of ketones is 1. The zero-order chi connectivity index (χ0) is 18.8. The Labute approximate surface area is 159 Å². The van der Waals surface area contributed by atoms with E-state index in [0.29, 0.717) is 24.0 Å². The fourth-order valence-corrected chi connectivity index (χ4v) is 3.81. The summed E-state index contributed by atoms with van der Waals surface area (Å²) < 4.78 is 6.04. The number of amides is 1. The van der Waals surface area contributed by atoms with Crippen LogP contribution in [0.3, 0.4) is 0 Å². The predicted molar refractivity (Wildman–Crippen MR) is 105 cm³/mol. The van der Waals surface area contributed by atoms with Gasteiger partial charge in [-0.25, -0.2) is 0 Å². The Morgan fingerprint density at radius 2 is 1.81 bits per heavy atom. The number of likely N-dealkylation sites (tertiary alicyclic amines) is 1. The van der Waals surface area contributed by atoms with Crippen molar-refractivity contribution in [2.75, 3.05) is 25.5 Å². The number of hydrogen-bond acceptors (Lipinski definition) is 4. The lowest BCUT2D eigenvalue weighted by molar-refractivity contribution is 0.0993. The number of ether oxygens (including phenoxy) is 1. The summed E-state index contributed by atoms with van der Waals surface area (Å²) in [4.78, 5) is 26.8. The minimum absolute atomic E-state index is 0.120. The van der Waals surface area contributed by atoms with Crippen LogP contribution in [0.5, 0.6) is 5.75 Å². The predicted octanol–water partition coefficient (Wildman–Crippen LogP) is 3.54. The Kier molecular flexibility index (Phi) is 4.94. The molecule has 140 valence electrons. The Hall–Kier alpha value is -2.66. The van der Waals surface area contributed by atoms with Crippen LogP contribution in [0.1, 0.15) is 45.5 Å². The van der Waals surface area contributed by atoms with Gasteiger partial charge < -0.3 is 15.0 Å². The Morgan fingerprint density at radius 1 is 1.07 bits per heavy atom. The van der Waals surface area contributed by atoms with Crippen LogP contribution in [0.15, 0.2) is 42.5 Å². The van der Waals surface area contributed by atoms with E-state index in [1.807, 2.05) is 24.3 Å². The van der Waals surface area contributed by atoms with Crippen LogP contribution in [-0.2, 0) is 6.42 Å². The quantitative estimate of drug-likeness (QED) is 0.901. The molecule has 0 bridgehead atoms. The molecule has 0 unspecified atom stereocenters. The summed E-state index contributed by atoms with van der Waals surface area (Å²) in [5.41, 5.74) is 2.86. The van der Waals surface area contributed by atoms with E-state index in [1.165, 1.54) is 0 Å². The topological polar surface area (TPSA) is 58.6 Å². The lowest BCUT2D eigenvalue weighted by Gasteiger charge is -2.29. The molecule has 0 spiro atoms. The van der Waals surface area contributed by atoms with Crippen LogP contribution in [0.4, 0.5) is 5.69 Å². The number of anilines is 1. The second kappa shape index (κ2) is 7.53. The summed E-state index contributed by atoms with van der Waals surface area (Å²) >= 11 is 0. The van der Waals surface area contributed by atoms with Gasteiger partial charge in [0.1, 0.15) is 11.9 Å². The van der Waals surface area contributed by atoms with E-state index in [9.17, 15) is 9.59 Å². The monoisotopic (exact) mass is 364 g/mol. The molecule has 4 rings (SSSR count). The van der Waals surface area contributed by atoms with Gasteiger partial charge in [0.05, 0.1) is 0 Å². The third-order valence-corrected chi connectivity index (χ3v) is 5.40. The summed E-state index contributed by atoms with van der Waals surface area (Å²) in [7, 11) is 2.13. The molecule has 1 amide bonds. The first-order valence-electron chi connectivity index (χ1n) is 9.52. The molecule has 1 fully saturated rings. The van der Waals surface area contributed by atoms with Crippen molar-refractivity contribution in [3.63, 3.8) is 0 Å². The molecule has 5 nitrogen and oxygen atoms in total. The lowest BCUT2D eigenvalue weighted by Crippen LogP contribution is -2.35. The number of carbonyl (C=O) groups is 2. The van der Waals surface area contributed by atoms with E-state index in [4.69, 9.17) is 4.74 Å². The van der Waals surface area contributed by atoms with Gasteiger partial charge in [0.25, 0.3) is 5.91 Å². The SMILES string of the molecule is CN1CCC(Oc2ccc(NC(=O)c3cccc4c3CCC4=O)cc2)CC1. The molecular formula is C22H24N2O3. The lowest BCUT2D eigenvalue weighted by atomic mass is 10.0. The van der Waals surface area contributed by atoms with Crippen LogP contribution >= 0.6 is 0 Å². The largest absolute Gasteiger partial charge is 0.490 e. The highest BCUT2D eigenvalue weighted by Gasteiger charge is 2.24. The average Bonchev–Trinajstić information content (AvgIpc) is 3.06. The maximum absolute atomic E-state index is 12.7. The van der Waals surface area contributed by atoms with Gasteiger partial charge in [-0.1, -0.05) is 12.1 Å². The summed E-state index contributed by atoms with van der Waals surface area (Å²) in [6, 6.07) is 12.9. The van der Waals surface area contributed by atoms with Gasteiger partial charge in [-0.3, -0.25) is 9.59 Å². The van der Waals surface area contributed by atoms with E-state index in [1.54, 1.807) is 18.2 Å². The zero-order valence-corrected chi connectivity index (χ0v) is 15.5. The number of fused-ring (bicyclic) bond motifs is 1. The van der Waals surface area contributed by atoms with Crippen molar-refractivity contribution in [1.82, 2.24) is 4.90 Å². The summed E-state index contributed by atoms with van der Waals surface area (Å²) in [5, 5.41) is 2.93. The number of Topliss-reactive ketones (excluding diaryl/α,β-unsaturated/α-hetero) is 1. The molecule has 0 aromatic heterocycles. The molecule has 1 saturated heterocycles. The number of hydrogen-bond donors (Lipinski definition) is 1. The molecule has 0 saturated carbocycles. The number of rotatable bonds is 4. The minimum atomic E-state index is -0.175. The van der Waals surface area contributed by atoms with Crippen LogP contribution in [-0.4, -0.2) is 42.8 Å². The van der Waals surface area contributed by atoms with Crippen molar-refractivity contribution >= 4 is 17.4 Å². The molecular weight excluding hydrogens is 340 g/mol. The standard InChI is InChI=1S/C22H24N2O3/c1-24-13-11-17(12-14-24)27-16-7-5-15(6-8-16)23-22(26)20-4-2-3-19-18(20)9-10-21(19)25/h2-8,17H,9-14H2,1H3,(H,23,26). The minimum Gasteiger partial charge on any atom is -0.490 e. The average molecular weight is 364 g/mol.